The number of aromatic nitrogens is 2. The van der Waals surface area contributed by atoms with Crippen molar-refractivity contribution < 1.29 is 4.79 Å². The van der Waals surface area contributed by atoms with Gasteiger partial charge in [-0.15, -0.1) is 0 Å². The molecule has 1 aromatic heterocycles. The maximum Gasteiger partial charge on any atom is 0.263 e. The van der Waals surface area contributed by atoms with E-state index < -0.39 is 5.91 Å². The molecule has 1 saturated carbocycles. The van der Waals surface area contributed by atoms with Gasteiger partial charge in [-0.3, -0.25) is 9.59 Å². The van der Waals surface area contributed by atoms with Gasteiger partial charge in [-0.1, -0.05) is 0 Å². The summed E-state index contributed by atoms with van der Waals surface area (Å²) in [5.74, 6) is 0.597. The Balaban J connectivity index is 1.38. The molecule has 2 aliphatic rings. The molecule has 1 aliphatic heterocycles. The van der Waals surface area contributed by atoms with Crippen molar-refractivity contribution in [2.75, 3.05) is 37.4 Å². The van der Waals surface area contributed by atoms with Gasteiger partial charge < -0.3 is 20.1 Å². The fourth-order valence-corrected chi connectivity index (χ4v) is 3.73. The van der Waals surface area contributed by atoms with Crippen LogP contribution in [0.4, 0.5) is 11.4 Å². The van der Waals surface area contributed by atoms with Crippen molar-refractivity contribution in [1.29, 1.82) is 0 Å². The zero-order valence-corrected chi connectivity index (χ0v) is 16.4. The van der Waals surface area contributed by atoms with Gasteiger partial charge in [0.2, 0.25) is 0 Å². The first-order valence-electron chi connectivity index (χ1n) is 9.93. The molecule has 2 heterocycles. The van der Waals surface area contributed by atoms with Crippen LogP contribution in [0.15, 0.2) is 35.3 Å². The van der Waals surface area contributed by atoms with Gasteiger partial charge in [0.1, 0.15) is 11.4 Å². The predicted octanol–water partition coefficient (Wildman–Crippen LogP) is 2.43. The molecule has 2 fully saturated rings. The maximum atomic E-state index is 12.4. The standard InChI is InChI=1S/C21H27N5O2/c1-25(2)16-9-11-26(12-10-16)17-7-5-15(6-8-17)23-20(27)18-13-22-19(14-3-4-14)24-21(18)28/h5-8,13-14,16H,3-4,9-12H2,1-2H3,(H,23,27)(H,22,24,28). The third-order valence-electron chi connectivity index (χ3n) is 5.71. The molecule has 1 aliphatic carbocycles. The van der Waals surface area contributed by atoms with E-state index in [2.05, 4.69) is 39.2 Å². The molecule has 0 spiro atoms. The Bertz CT molecular complexity index is 894. The number of nitrogens with zero attached hydrogens (tertiary/aromatic N) is 3. The number of benzene rings is 1. The van der Waals surface area contributed by atoms with Gasteiger partial charge in [0.25, 0.3) is 11.5 Å². The molecule has 1 saturated heterocycles. The van der Waals surface area contributed by atoms with Crippen LogP contribution in [0, 0.1) is 0 Å². The average Bonchev–Trinajstić information content (AvgIpc) is 3.54. The summed E-state index contributed by atoms with van der Waals surface area (Å²) in [4.78, 5) is 36.2. The molecule has 7 nitrogen and oxygen atoms in total. The lowest BCUT2D eigenvalue weighted by atomic mass is 10.0. The van der Waals surface area contributed by atoms with Crippen molar-refractivity contribution in [3.63, 3.8) is 0 Å². The Hall–Kier alpha value is -2.67. The second-order valence-corrected chi connectivity index (χ2v) is 7.97. The van der Waals surface area contributed by atoms with E-state index in [-0.39, 0.29) is 11.1 Å². The van der Waals surface area contributed by atoms with Crippen molar-refractivity contribution in [3.05, 3.63) is 52.2 Å². The van der Waals surface area contributed by atoms with Gasteiger partial charge in [0.05, 0.1) is 0 Å². The Kier molecular flexibility index (Phi) is 5.17. The zero-order valence-electron chi connectivity index (χ0n) is 16.4. The molecular formula is C21H27N5O2. The highest BCUT2D eigenvalue weighted by Gasteiger charge is 2.27. The Morgan fingerprint density at radius 2 is 1.82 bits per heavy atom. The van der Waals surface area contributed by atoms with E-state index >= 15 is 0 Å². The van der Waals surface area contributed by atoms with Gasteiger partial charge in [-0.25, -0.2) is 4.98 Å². The van der Waals surface area contributed by atoms with E-state index in [4.69, 9.17) is 0 Å². The zero-order chi connectivity index (χ0) is 19.7. The highest BCUT2D eigenvalue weighted by atomic mass is 16.2. The molecule has 0 atom stereocenters. The SMILES string of the molecule is CN(C)C1CCN(c2ccc(NC(=O)c3cnc(C4CC4)[nH]c3=O)cc2)CC1. The first-order chi connectivity index (χ1) is 13.5. The molecule has 1 amide bonds. The number of rotatable bonds is 5. The normalized spacial score (nSPS) is 17.8. The molecule has 2 aromatic rings. The minimum absolute atomic E-state index is 0.0410. The number of hydrogen-bond donors (Lipinski definition) is 2. The Morgan fingerprint density at radius 3 is 2.39 bits per heavy atom. The third kappa shape index (κ3) is 4.09. The summed E-state index contributed by atoms with van der Waals surface area (Å²) in [6, 6.07) is 8.44. The number of amides is 1. The van der Waals surface area contributed by atoms with Crippen LogP contribution in [0.1, 0.15) is 47.8 Å². The molecule has 7 heteroatoms. The van der Waals surface area contributed by atoms with Gasteiger partial charge in [0, 0.05) is 42.6 Å². The van der Waals surface area contributed by atoms with E-state index in [1.165, 1.54) is 6.20 Å². The maximum absolute atomic E-state index is 12.4. The second kappa shape index (κ2) is 7.75. The summed E-state index contributed by atoms with van der Waals surface area (Å²) in [6.07, 6.45) is 5.78. The second-order valence-electron chi connectivity index (χ2n) is 7.97. The van der Waals surface area contributed by atoms with Crippen molar-refractivity contribution in [3.8, 4) is 0 Å². The molecule has 0 bridgehead atoms. The largest absolute Gasteiger partial charge is 0.371 e. The molecular weight excluding hydrogens is 354 g/mol. The molecule has 0 radical (unpaired) electrons. The quantitative estimate of drug-likeness (QED) is 0.831. The topological polar surface area (TPSA) is 81.3 Å². The first kappa shape index (κ1) is 18.7. The third-order valence-corrected chi connectivity index (χ3v) is 5.71. The predicted molar refractivity (Wildman–Crippen MR) is 110 cm³/mol. The van der Waals surface area contributed by atoms with Gasteiger partial charge in [0.15, 0.2) is 0 Å². The number of carbonyl (C=O) groups is 1. The lowest BCUT2D eigenvalue weighted by molar-refractivity contribution is 0.102. The van der Waals surface area contributed by atoms with E-state index in [1.54, 1.807) is 0 Å². The van der Waals surface area contributed by atoms with Crippen LogP contribution in [0.2, 0.25) is 0 Å². The molecule has 28 heavy (non-hydrogen) atoms. The number of aromatic amines is 1. The van der Waals surface area contributed by atoms with Gasteiger partial charge in [-0.2, -0.15) is 0 Å². The Labute approximate surface area is 164 Å². The molecule has 2 N–H and O–H groups in total. The van der Waals surface area contributed by atoms with Gasteiger partial charge >= 0.3 is 0 Å². The summed E-state index contributed by atoms with van der Waals surface area (Å²) in [5.41, 5.74) is 1.49. The minimum atomic E-state index is -0.435. The van der Waals surface area contributed by atoms with E-state index in [1.807, 2.05) is 24.3 Å². The van der Waals surface area contributed by atoms with Gasteiger partial charge in [-0.05, 0) is 64.0 Å². The highest BCUT2D eigenvalue weighted by Crippen LogP contribution is 2.37. The first-order valence-corrected chi connectivity index (χ1v) is 9.93. The molecule has 0 unspecified atom stereocenters. The number of carbonyl (C=O) groups excluding carboxylic acids is 1. The number of anilines is 2. The minimum Gasteiger partial charge on any atom is -0.371 e. The smallest absolute Gasteiger partial charge is 0.263 e. The van der Waals surface area contributed by atoms with Crippen LogP contribution in [-0.2, 0) is 0 Å². The highest BCUT2D eigenvalue weighted by molar-refractivity contribution is 6.03. The summed E-state index contributed by atoms with van der Waals surface area (Å²) in [6.45, 7) is 2.06. The summed E-state index contributed by atoms with van der Waals surface area (Å²) in [5, 5.41) is 2.79. The Morgan fingerprint density at radius 1 is 1.14 bits per heavy atom. The van der Waals surface area contributed by atoms with Crippen molar-refractivity contribution >= 4 is 17.3 Å². The average molecular weight is 381 g/mol. The summed E-state index contributed by atoms with van der Waals surface area (Å²) >= 11 is 0. The van der Waals surface area contributed by atoms with Crippen molar-refractivity contribution in [2.24, 2.45) is 0 Å². The fraction of sp³-hybridized carbons (Fsp3) is 0.476. The van der Waals surface area contributed by atoms with E-state index in [9.17, 15) is 9.59 Å². The van der Waals surface area contributed by atoms with Crippen LogP contribution < -0.4 is 15.8 Å². The van der Waals surface area contributed by atoms with Crippen molar-refractivity contribution in [1.82, 2.24) is 14.9 Å². The fourth-order valence-electron chi connectivity index (χ4n) is 3.73. The number of piperidine rings is 1. The van der Waals surface area contributed by atoms with Crippen molar-refractivity contribution in [2.45, 2.75) is 37.6 Å². The van der Waals surface area contributed by atoms with Crippen LogP contribution >= 0.6 is 0 Å². The number of H-pyrrole nitrogens is 1. The van der Waals surface area contributed by atoms with Crippen LogP contribution in [0.3, 0.4) is 0 Å². The molecule has 148 valence electrons. The molecule has 4 rings (SSSR count). The molecule has 1 aromatic carbocycles. The lowest BCUT2D eigenvalue weighted by Crippen LogP contribution is -2.41. The number of nitrogens with one attached hydrogen (secondary N) is 2. The van der Waals surface area contributed by atoms with Crippen LogP contribution in [-0.4, -0.2) is 54.0 Å². The summed E-state index contributed by atoms with van der Waals surface area (Å²) < 4.78 is 0. The monoisotopic (exact) mass is 381 g/mol. The lowest BCUT2D eigenvalue weighted by Gasteiger charge is -2.36. The summed E-state index contributed by atoms with van der Waals surface area (Å²) in [7, 11) is 4.27. The van der Waals surface area contributed by atoms with Crippen LogP contribution in [0.5, 0.6) is 0 Å². The van der Waals surface area contributed by atoms with E-state index in [0.29, 0.717) is 23.5 Å². The number of hydrogen-bond acceptors (Lipinski definition) is 5. The van der Waals surface area contributed by atoms with E-state index in [0.717, 1.165) is 44.5 Å². The van der Waals surface area contributed by atoms with Crippen LogP contribution in [0.25, 0.3) is 0 Å².